The van der Waals surface area contributed by atoms with Gasteiger partial charge in [0.25, 0.3) is 0 Å². The first kappa shape index (κ1) is 21.3. The third-order valence-electron chi connectivity index (χ3n) is 5.51. The second-order valence-electron chi connectivity index (χ2n) is 7.37. The number of aliphatic hydroxyl groups excluding tert-OH is 4. The number of phenolic OH excluding ortho intramolecular Hbond substituents is 1. The number of phenols is 1. The fourth-order valence-electron chi connectivity index (χ4n) is 3.75. The number of hydrogen-bond donors (Lipinski definition) is 5. The van der Waals surface area contributed by atoms with E-state index in [1.165, 1.54) is 25.5 Å². The number of aliphatic hydroxyl groups is 4. The molecule has 1 saturated heterocycles. The Morgan fingerprint density at radius 2 is 1.74 bits per heavy atom. The van der Waals surface area contributed by atoms with Crippen molar-refractivity contribution in [3.63, 3.8) is 0 Å². The predicted octanol–water partition coefficient (Wildman–Crippen LogP) is 0.689. The molecule has 1 aromatic heterocycles. The molecule has 0 aliphatic carbocycles. The first-order valence-corrected chi connectivity index (χ1v) is 9.59. The van der Waals surface area contributed by atoms with E-state index >= 15 is 0 Å². The smallest absolute Gasteiger partial charge is 0.204 e. The van der Waals surface area contributed by atoms with Crippen LogP contribution in [0.2, 0.25) is 0 Å². The summed E-state index contributed by atoms with van der Waals surface area (Å²) in [5.41, 5.74) is 0.955. The third-order valence-corrected chi connectivity index (χ3v) is 5.51. The summed E-state index contributed by atoms with van der Waals surface area (Å²) < 4.78 is 16.1. The van der Waals surface area contributed by atoms with Gasteiger partial charge in [0.05, 0.1) is 19.3 Å². The van der Waals surface area contributed by atoms with Crippen LogP contribution in [-0.2, 0) is 4.74 Å². The van der Waals surface area contributed by atoms with Crippen molar-refractivity contribution in [1.29, 1.82) is 0 Å². The maximum atomic E-state index is 12.9. The van der Waals surface area contributed by atoms with Gasteiger partial charge >= 0.3 is 0 Å². The number of benzene rings is 2. The lowest BCUT2D eigenvalue weighted by Gasteiger charge is -2.40. The topological polar surface area (TPSA) is 150 Å². The number of aromatic hydroxyl groups is 1. The molecule has 0 spiro atoms. The highest BCUT2D eigenvalue weighted by Crippen LogP contribution is 2.34. The molecular formula is C22H22O9. The quantitative estimate of drug-likeness (QED) is 0.403. The van der Waals surface area contributed by atoms with Crippen molar-refractivity contribution in [2.75, 3.05) is 13.7 Å². The van der Waals surface area contributed by atoms with Crippen molar-refractivity contribution >= 4 is 11.0 Å². The summed E-state index contributed by atoms with van der Waals surface area (Å²) in [7, 11) is 1.43. The van der Waals surface area contributed by atoms with Gasteiger partial charge in [-0.15, -0.1) is 0 Å². The molecule has 2 aromatic carbocycles. The maximum Gasteiger partial charge on any atom is 0.204 e. The Bertz CT molecular complexity index is 1140. The molecule has 0 saturated carbocycles. The molecule has 9 heteroatoms. The van der Waals surface area contributed by atoms with Crippen LogP contribution in [0, 0.1) is 0 Å². The van der Waals surface area contributed by atoms with Crippen molar-refractivity contribution in [1.82, 2.24) is 0 Å². The van der Waals surface area contributed by atoms with Gasteiger partial charge in [-0.1, -0.05) is 24.3 Å². The van der Waals surface area contributed by atoms with Crippen molar-refractivity contribution in [3.05, 3.63) is 58.4 Å². The molecule has 2 heterocycles. The Kier molecular flexibility index (Phi) is 5.69. The van der Waals surface area contributed by atoms with Crippen LogP contribution >= 0.6 is 0 Å². The highest BCUT2D eigenvalue weighted by atomic mass is 16.5. The van der Waals surface area contributed by atoms with Gasteiger partial charge in [0, 0.05) is 12.1 Å². The van der Waals surface area contributed by atoms with Crippen LogP contribution in [0.25, 0.3) is 22.1 Å². The minimum Gasteiger partial charge on any atom is -0.507 e. The number of rotatable bonds is 4. The molecule has 5 atom stereocenters. The second-order valence-corrected chi connectivity index (χ2v) is 7.37. The molecule has 5 N–H and O–H groups in total. The lowest BCUT2D eigenvalue weighted by Crippen LogP contribution is -2.55. The van der Waals surface area contributed by atoms with Gasteiger partial charge in [-0.25, -0.2) is 0 Å². The van der Waals surface area contributed by atoms with Crippen LogP contribution in [0.15, 0.2) is 51.9 Å². The predicted molar refractivity (Wildman–Crippen MR) is 109 cm³/mol. The Hall–Kier alpha value is -2.95. The van der Waals surface area contributed by atoms with E-state index in [0.29, 0.717) is 16.9 Å². The van der Waals surface area contributed by atoms with Crippen molar-refractivity contribution in [2.45, 2.75) is 30.5 Å². The van der Waals surface area contributed by atoms with Crippen LogP contribution in [0.3, 0.4) is 0 Å². The molecule has 1 unspecified atom stereocenters. The van der Waals surface area contributed by atoms with Crippen molar-refractivity contribution in [3.8, 4) is 22.6 Å². The molecule has 164 valence electrons. The summed E-state index contributed by atoms with van der Waals surface area (Å²) >= 11 is 0. The molecule has 1 aliphatic heterocycles. The molecule has 9 nitrogen and oxygen atoms in total. The Morgan fingerprint density at radius 3 is 2.39 bits per heavy atom. The van der Waals surface area contributed by atoms with Gasteiger partial charge in [0.2, 0.25) is 5.43 Å². The lowest BCUT2D eigenvalue weighted by atomic mass is 9.90. The van der Waals surface area contributed by atoms with Gasteiger partial charge in [-0.2, -0.15) is 0 Å². The van der Waals surface area contributed by atoms with E-state index < -0.39 is 42.6 Å². The Labute approximate surface area is 176 Å². The highest BCUT2D eigenvalue weighted by molar-refractivity contribution is 5.88. The van der Waals surface area contributed by atoms with E-state index in [0.717, 1.165) is 0 Å². The monoisotopic (exact) mass is 430 g/mol. The van der Waals surface area contributed by atoms with E-state index in [2.05, 4.69) is 0 Å². The standard InChI is InChI=1S/C22H22O9/c1-29-12-6-14(24)17-15(7-12)30-9-13(18(17)25)10-2-4-11(5-3-10)22-21(28)20(27)19(26)16(8-23)31-22/h2-7,9,16,19-24,26-28H,8H2,1H3/t16-,19-,20+,21-,22?/m1/s1. The largest absolute Gasteiger partial charge is 0.507 e. The Balaban J connectivity index is 1.69. The van der Waals surface area contributed by atoms with Crippen molar-refractivity contribution in [2.24, 2.45) is 0 Å². The zero-order valence-corrected chi connectivity index (χ0v) is 16.5. The molecule has 31 heavy (non-hydrogen) atoms. The average Bonchev–Trinajstić information content (AvgIpc) is 2.78. The summed E-state index contributed by atoms with van der Waals surface area (Å²) in [6.45, 7) is -0.522. The molecule has 1 fully saturated rings. The average molecular weight is 430 g/mol. The molecule has 4 rings (SSSR count). The molecule has 0 amide bonds. The first-order valence-electron chi connectivity index (χ1n) is 9.59. The highest BCUT2D eigenvalue weighted by Gasteiger charge is 2.43. The van der Waals surface area contributed by atoms with Gasteiger partial charge in [-0.3, -0.25) is 4.79 Å². The summed E-state index contributed by atoms with van der Waals surface area (Å²) in [6, 6.07) is 9.23. The van der Waals surface area contributed by atoms with E-state index in [1.807, 2.05) is 0 Å². The number of methoxy groups -OCH3 is 1. The fraction of sp³-hybridized carbons (Fsp3) is 0.318. The molecule has 0 bridgehead atoms. The fourth-order valence-corrected chi connectivity index (χ4v) is 3.75. The van der Waals surface area contributed by atoms with Gasteiger partial charge in [-0.05, 0) is 11.1 Å². The van der Waals surface area contributed by atoms with E-state index in [4.69, 9.17) is 13.9 Å². The van der Waals surface area contributed by atoms with Gasteiger partial charge < -0.3 is 39.4 Å². The molecule has 0 radical (unpaired) electrons. The van der Waals surface area contributed by atoms with E-state index in [9.17, 15) is 30.3 Å². The Morgan fingerprint density at radius 1 is 1.03 bits per heavy atom. The third kappa shape index (κ3) is 3.67. The minimum absolute atomic E-state index is 0.0244. The number of hydrogen-bond acceptors (Lipinski definition) is 9. The molecule has 3 aromatic rings. The molecular weight excluding hydrogens is 408 g/mol. The van der Waals surface area contributed by atoms with Crippen LogP contribution in [0.4, 0.5) is 0 Å². The van der Waals surface area contributed by atoms with Gasteiger partial charge in [0.1, 0.15) is 59.3 Å². The van der Waals surface area contributed by atoms with Crippen LogP contribution in [-0.4, -0.2) is 63.7 Å². The first-order chi connectivity index (χ1) is 14.8. The number of ether oxygens (including phenoxy) is 2. The van der Waals surface area contributed by atoms with Gasteiger partial charge in [0.15, 0.2) is 0 Å². The molecule has 1 aliphatic rings. The van der Waals surface area contributed by atoms with E-state index in [1.54, 1.807) is 24.3 Å². The SMILES string of the molecule is COc1cc(O)c2c(=O)c(-c3ccc(C4O[C@H](CO)[C@@H](O)[C@H](O)[C@H]4O)cc3)coc2c1. The summed E-state index contributed by atoms with van der Waals surface area (Å²) in [4.78, 5) is 12.9. The minimum atomic E-state index is -1.48. The maximum absolute atomic E-state index is 12.9. The van der Waals surface area contributed by atoms with Crippen LogP contribution < -0.4 is 10.2 Å². The summed E-state index contributed by atoms with van der Waals surface area (Å²) in [5, 5.41) is 49.8. The second kappa shape index (κ2) is 8.29. The number of fused-ring (bicyclic) bond motifs is 1. The zero-order chi connectivity index (χ0) is 22.3. The van der Waals surface area contributed by atoms with Crippen molar-refractivity contribution < 1.29 is 39.4 Å². The summed E-state index contributed by atoms with van der Waals surface area (Å²) in [6.07, 6.45) is -5.04. The van der Waals surface area contributed by atoms with Crippen LogP contribution in [0.5, 0.6) is 11.5 Å². The van der Waals surface area contributed by atoms with E-state index in [-0.39, 0.29) is 22.3 Å². The zero-order valence-electron chi connectivity index (χ0n) is 16.5. The van der Waals surface area contributed by atoms with Crippen LogP contribution in [0.1, 0.15) is 11.7 Å². The normalized spacial score (nSPS) is 26.2. The lowest BCUT2D eigenvalue weighted by molar-refractivity contribution is -0.231. The summed E-state index contributed by atoms with van der Waals surface area (Å²) in [5.74, 6) is 0.0904.